The minimum atomic E-state index is -0.540. The highest BCUT2D eigenvalue weighted by Crippen LogP contribution is 2.55. The van der Waals surface area contributed by atoms with E-state index in [2.05, 4.69) is 10.6 Å². The Kier molecular flexibility index (Phi) is 4.44. The normalized spacial score (nSPS) is 31.4. The van der Waals surface area contributed by atoms with Crippen LogP contribution in [0.3, 0.4) is 0 Å². The van der Waals surface area contributed by atoms with Crippen LogP contribution in [0.1, 0.15) is 69.7 Å². The summed E-state index contributed by atoms with van der Waals surface area (Å²) in [4.78, 5) is 24.7. The summed E-state index contributed by atoms with van der Waals surface area (Å²) >= 11 is 0. The zero-order valence-electron chi connectivity index (χ0n) is 16.5. The molecular formula is C22H30N2O3. The maximum Gasteiger partial charge on any atom is 0.412 e. The second-order valence-corrected chi connectivity index (χ2v) is 9.86. The Morgan fingerprint density at radius 1 is 0.963 bits per heavy atom. The molecule has 0 aromatic heterocycles. The lowest BCUT2D eigenvalue weighted by Gasteiger charge is -2.56. The van der Waals surface area contributed by atoms with Crippen LogP contribution >= 0.6 is 0 Å². The van der Waals surface area contributed by atoms with E-state index in [0.29, 0.717) is 11.3 Å². The maximum atomic E-state index is 12.8. The number of hydrogen-bond acceptors (Lipinski definition) is 3. The number of carbonyl (C=O) groups excluding carboxylic acids is 2. The third-order valence-corrected chi connectivity index (χ3v) is 6.21. The summed E-state index contributed by atoms with van der Waals surface area (Å²) in [7, 11) is 0. The fourth-order valence-electron chi connectivity index (χ4n) is 5.70. The zero-order valence-corrected chi connectivity index (χ0v) is 16.5. The first-order valence-electron chi connectivity index (χ1n) is 10.1. The monoisotopic (exact) mass is 370 g/mol. The number of rotatable bonds is 3. The Hall–Kier alpha value is -2.04. The van der Waals surface area contributed by atoms with Crippen molar-refractivity contribution in [2.75, 3.05) is 5.32 Å². The number of amides is 2. The molecule has 0 aliphatic heterocycles. The second-order valence-electron chi connectivity index (χ2n) is 9.86. The summed E-state index contributed by atoms with van der Waals surface area (Å²) in [5.41, 5.74) is 0.734. The first-order valence-corrected chi connectivity index (χ1v) is 10.1. The minimum Gasteiger partial charge on any atom is -0.444 e. The molecule has 1 aromatic carbocycles. The molecule has 4 aliphatic carbocycles. The van der Waals surface area contributed by atoms with Crippen LogP contribution in [0.2, 0.25) is 0 Å². The molecule has 0 saturated heterocycles. The van der Waals surface area contributed by atoms with Gasteiger partial charge in [-0.1, -0.05) is 0 Å². The first kappa shape index (κ1) is 18.3. The van der Waals surface area contributed by atoms with E-state index in [1.165, 1.54) is 19.3 Å². The molecule has 2 amide bonds. The Bertz CT molecular complexity index is 698. The van der Waals surface area contributed by atoms with E-state index in [-0.39, 0.29) is 11.4 Å². The molecule has 4 bridgehead atoms. The molecule has 0 spiro atoms. The van der Waals surface area contributed by atoms with Gasteiger partial charge in [-0.2, -0.15) is 0 Å². The molecule has 0 unspecified atom stereocenters. The molecule has 0 radical (unpaired) electrons. The van der Waals surface area contributed by atoms with Crippen LogP contribution in [0.4, 0.5) is 10.5 Å². The van der Waals surface area contributed by atoms with E-state index in [1.54, 1.807) is 24.3 Å². The van der Waals surface area contributed by atoms with Gasteiger partial charge in [-0.05, 0) is 101 Å². The van der Waals surface area contributed by atoms with Crippen LogP contribution < -0.4 is 10.6 Å². The van der Waals surface area contributed by atoms with Gasteiger partial charge in [-0.15, -0.1) is 0 Å². The van der Waals surface area contributed by atoms with Gasteiger partial charge in [0.15, 0.2) is 0 Å². The number of benzene rings is 1. The van der Waals surface area contributed by atoms with E-state index < -0.39 is 11.7 Å². The van der Waals surface area contributed by atoms with Crippen molar-refractivity contribution in [1.82, 2.24) is 5.32 Å². The van der Waals surface area contributed by atoms with Crippen LogP contribution in [-0.2, 0) is 4.74 Å². The predicted octanol–water partition coefficient (Wildman–Crippen LogP) is 4.73. The smallest absolute Gasteiger partial charge is 0.412 e. The molecule has 1 aromatic rings. The molecule has 4 fully saturated rings. The van der Waals surface area contributed by atoms with E-state index in [4.69, 9.17) is 4.74 Å². The standard InChI is InChI=1S/C22H30N2O3/c1-21(2,3)27-20(26)23-18-6-4-17(5-7-18)19(25)24-22-11-14-8-15(12-22)10-16(9-14)13-22/h4-7,14-16H,8-13H2,1-3H3,(H,23,26)(H,24,25). The summed E-state index contributed by atoms with van der Waals surface area (Å²) in [5, 5.41) is 6.08. The first-order chi connectivity index (χ1) is 12.7. The van der Waals surface area contributed by atoms with Gasteiger partial charge in [0.25, 0.3) is 5.91 Å². The van der Waals surface area contributed by atoms with Gasteiger partial charge in [0.1, 0.15) is 5.60 Å². The van der Waals surface area contributed by atoms with Gasteiger partial charge in [0.05, 0.1) is 0 Å². The van der Waals surface area contributed by atoms with E-state index in [9.17, 15) is 9.59 Å². The van der Waals surface area contributed by atoms with Crippen LogP contribution in [0.15, 0.2) is 24.3 Å². The van der Waals surface area contributed by atoms with Crippen molar-refractivity contribution in [2.24, 2.45) is 17.8 Å². The van der Waals surface area contributed by atoms with Gasteiger partial charge >= 0.3 is 6.09 Å². The third-order valence-electron chi connectivity index (χ3n) is 6.21. The van der Waals surface area contributed by atoms with E-state index >= 15 is 0 Å². The van der Waals surface area contributed by atoms with Crippen molar-refractivity contribution < 1.29 is 14.3 Å². The highest BCUT2D eigenvalue weighted by molar-refractivity contribution is 5.95. The number of nitrogens with one attached hydrogen (secondary N) is 2. The molecule has 0 heterocycles. The van der Waals surface area contributed by atoms with E-state index in [0.717, 1.165) is 37.0 Å². The third kappa shape index (κ3) is 4.12. The molecule has 4 aliphatic rings. The van der Waals surface area contributed by atoms with Gasteiger partial charge < -0.3 is 10.1 Å². The molecule has 5 heteroatoms. The topological polar surface area (TPSA) is 67.4 Å². The van der Waals surface area contributed by atoms with Gasteiger partial charge in [0.2, 0.25) is 0 Å². The van der Waals surface area contributed by atoms with Crippen molar-refractivity contribution in [1.29, 1.82) is 0 Å². The summed E-state index contributed by atoms with van der Waals surface area (Å²) in [6.45, 7) is 5.47. The molecule has 2 N–H and O–H groups in total. The molecule has 0 atom stereocenters. The lowest BCUT2D eigenvalue weighted by molar-refractivity contribution is -0.0167. The average molecular weight is 370 g/mol. The highest BCUT2D eigenvalue weighted by Gasteiger charge is 2.51. The summed E-state index contributed by atoms with van der Waals surface area (Å²) in [6.07, 6.45) is 7.02. The average Bonchev–Trinajstić information content (AvgIpc) is 2.51. The Labute approximate surface area is 161 Å². The largest absolute Gasteiger partial charge is 0.444 e. The highest BCUT2D eigenvalue weighted by atomic mass is 16.6. The van der Waals surface area contributed by atoms with Gasteiger partial charge in [0, 0.05) is 16.8 Å². The Balaban J connectivity index is 1.38. The summed E-state index contributed by atoms with van der Waals surface area (Å²) in [5.74, 6) is 2.41. The second kappa shape index (κ2) is 6.54. The lowest BCUT2D eigenvalue weighted by Crippen LogP contribution is -2.59. The quantitative estimate of drug-likeness (QED) is 0.808. The lowest BCUT2D eigenvalue weighted by atomic mass is 9.53. The number of anilines is 1. The van der Waals surface area contributed by atoms with Gasteiger partial charge in [-0.3, -0.25) is 10.1 Å². The van der Waals surface area contributed by atoms with Crippen LogP contribution in [-0.4, -0.2) is 23.1 Å². The van der Waals surface area contributed by atoms with Crippen LogP contribution in [0.5, 0.6) is 0 Å². The van der Waals surface area contributed by atoms with Crippen molar-refractivity contribution >= 4 is 17.7 Å². The van der Waals surface area contributed by atoms with Crippen molar-refractivity contribution in [3.8, 4) is 0 Å². The molecule has 146 valence electrons. The number of hydrogen-bond donors (Lipinski definition) is 2. The SMILES string of the molecule is CC(C)(C)OC(=O)Nc1ccc(C(=O)NC23CC4CC(CC(C4)C2)C3)cc1. The fourth-order valence-corrected chi connectivity index (χ4v) is 5.70. The van der Waals surface area contributed by atoms with Crippen molar-refractivity contribution in [3.63, 3.8) is 0 Å². The fraction of sp³-hybridized carbons (Fsp3) is 0.636. The molecule has 4 saturated carbocycles. The Morgan fingerprint density at radius 3 is 1.96 bits per heavy atom. The summed E-state index contributed by atoms with van der Waals surface area (Å²) in [6, 6.07) is 7.03. The maximum absolute atomic E-state index is 12.8. The van der Waals surface area contributed by atoms with Crippen molar-refractivity contribution in [3.05, 3.63) is 29.8 Å². The molecule has 5 nitrogen and oxygen atoms in total. The number of carbonyl (C=O) groups is 2. The summed E-state index contributed by atoms with van der Waals surface area (Å²) < 4.78 is 5.25. The van der Waals surface area contributed by atoms with Gasteiger partial charge in [-0.25, -0.2) is 4.79 Å². The van der Waals surface area contributed by atoms with E-state index in [1.807, 2.05) is 20.8 Å². The Morgan fingerprint density at radius 2 is 1.48 bits per heavy atom. The van der Waals surface area contributed by atoms with Crippen molar-refractivity contribution in [2.45, 2.75) is 70.4 Å². The molecular weight excluding hydrogens is 340 g/mol. The zero-order chi connectivity index (χ0) is 19.2. The predicted molar refractivity (Wildman–Crippen MR) is 105 cm³/mol. The minimum absolute atomic E-state index is 0.000711. The molecule has 27 heavy (non-hydrogen) atoms. The van der Waals surface area contributed by atoms with Crippen LogP contribution in [0.25, 0.3) is 0 Å². The number of ether oxygens (including phenoxy) is 1. The van der Waals surface area contributed by atoms with Crippen LogP contribution in [0, 0.1) is 17.8 Å². The molecule has 5 rings (SSSR count).